The smallest absolute Gasteiger partial charge is 0.457 e. The Hall–Kier alpha value is -1.84. The molecule has 28 heavy (non-hydrogen) atoms. The van der Waals surface area contributed by atoms with Gasteiger partial charge in [0.25, 0.3) is 0 Å². The first-order valence-electron chi connectivity index (χ1n) is 6.10. The van der Waals surface area contributed by atoms with Crippen molar-refractivity contribution in [2.75, 3.05) is 6.61 Å². The molecule has 0 amide bonds. The molecule has 0 atom stereocenters. The number of alkyl halides is 15. The van der Waals surface area contributed by atoms with E-state index < -0.39 is 54.3 Å². The first-order valence-corrected chi connectivity index (χ1v) is 6.10. The Morgan fingerprint density at radius 1 is 0.643 bits per heavy atom. The first kappa shape index (κ1) is 26.2. The number of hydrogen-bond donors (Lipinski definition) is 0. The van der Waals surface area contributed by atoms with Gasteiger partial charge in [0.2, 0.25) is 0 Å². The van der Waals surface area contributed by atoms with Crippen molar-refractivity contribution in [2.45, 2.75) is 41.7 Å². The highest BCUT2D eigenvalue weighted by atomic mass is 19.4. The molecule has 0 aromatic carbocycles. The highest BCUT2D eigenvalue weighted by Gasteiger charge is 2.94. The van der Waals surface area contributed by atoms with Crippen molar-refractivity contribution in [3.05, 3.63) is 12.7 Å². The summed E-state index contributed by atoms with van der Waals surface area (Å²) >= 11 is 0. The van der Waals surface area contributed by atoms with Gasteiger partial charge in [-0.25, -0.2) is 4.79 Å². The largest absolute Gasteiger partial charge is 0.460 e. The van der Waals surface area contributed by atoms with Gasteiger partial charge in [-0.3, -0.25) is 0 Å². The number of ether oxygens (including phenoxy) is 1. The fourth-order valence-electron chi connectivity index (χ4n) is 1.32. The molecule has 0 aromatic heterocycles. The minimum Gasteiger partial charge on any atom is -0.457 e. The third-order valence-corrected chi connectivity index (χ3v) is 2.92. The Kier molecular flexibility index (Phi) is 6.44. The van der Waals surface area contributed by atoms with Gasteiger partial charge in [-0.15, -0.1) is 0 Å². The summed E-state index contributed by atoms with van der Waals surface area (Å²) in [4.78, 5) is 10.7. The molecule has 0 saturated heterocycles. The minimum absolute atomic E-state index is 0.372. The van der Waals surface area contributed by atoms with Crippen molar-refractivity contribution < 1.29 is 75.4 Å². The first-order chi connectivity index (χ1) is 12.0. The van der Waals surface area contributed by atoms with Crippen LogP contribution in [0.15, 0.2) is 12.7 Å². The highest BCUT2D eigenvalue weighted by Crippen LogP contribution is 2.62. The molecule has 0 saturated carbocycles. The zero-order valence-electron chi connectivity index (χ0n) is 12.5. The molecule has 2 nitrogen and oxygen atoms in total. The van der Waals surface area contributed by atoms with Crippen LogP contribution in [-0.4, -0.2) is 54.3 Å². The van der Waals surface area contributed by atoms with Crippen LogP contribution in [0.1, 0.15) is 0 Å². The normalized spacial score (nSPS) is 15.4. The molecule has 0 rings (SSSR count). The van der Waals surface area contributed by atoms with Crippen LogP contribution < -0.4 is 0 Å². The van der Waals surface area contributed by atoms with Gasteiger partial charge in [0, 0.05) is 0 Å². The lowest BCUT2D eigenvalue weighted by Gasteiger charge is -2.40. The third kappa shape index (κ3) is 3.35. The van der Waals surface area contributed by atoms with E-state index in [0.29, 0.717) is 6.08 Å². The summed E-state index contributed by atoms with van der Waals surface area (Å²) in [7, 11) is 0. The number of carbonyl (C=O) groups is 1. The molecular weight excluding hydrogens is 449 g/mol. The molecule has 0 aliphatic carbocycles. The van der Waals surface area contributed by atoms with Crippen LogP contribution in [0.2, 0.25) is 0 Å². The number of rotatable bonds is 8. The second-order valence-electron chi connectivity index (χ2n) is 4.83. The number of hydrogen-bond acceptors (Lipinski definition) is 2. The van der Waals surface area contributed by atoms with Crippen molar-refractivity contribution in [2.24, 2.45) is 0 Å². The van der Waals surface area contributed by atoms with Crippen LogP contribution in [0.5, 0.6) is 0 Å². The molecule has 0 radical (unpaired) electrons. The molecule has 0 unspecified atom stereocenters. The molecule has 0 aliphatic rings. The van der Waals surface area contributed by atoms with Crippen LogP contribution >= 0.6 is 0 Å². The topological polar surface area (TPSA) is 26.3 Å². The molecular formula is C11H5F15O2. The maximum absolute atomic E-state index is 13.2. The summed E-state index contributed by atoms with van der Waals surface area (Å²) in [6, 6.07) is 0. The molecule has 0 heterocycles. The molecule has 0 spiro atoms. The predicted octanol–water partition coefficient (Wildman–Crippen LogP) is 5.09. The lowest BCUT2D eigenvalue weighted by atomic mass is 9.91. The van der Waals surface area contributed by atoms with E-state index in [-0.39, 0.29) is 0 Å². The number of halogens is 15. The van der Waals surface area contributed by atoms with E-state index in [1.54, 1.807) is 0 Å². The number of carbonyl (C=O) groups excluding carboxylic acids is 1. The van der Waals surface area contributed by atoms with Crippen LogP contribution in [0, 0.1) is 0 Å². The summed E-state index contributed by atoms with van der Waals surface area (Å²) in [5, 5.41) is 0. The van der Waals surface area contributed by atoms with Crippen LogP contribution in [0.4, 0.5) is 65.9 Å². The predicted molar refractivity (Wildman–Crippen MR) is 56.9 cm³/mol. The van der Waals surface area contributed by atoms with Crippen LogP contribution in [0.3, 0.4) is 0 Å². The van der Waals surface area contributed by atoms with E-state index in [9.17, 15) is 70.7 Å². The third-order valence-electron chi connectivity index (χ3n) is 2.92. The molecule has 0 aliphatic heterocycles. The van der Waals surface area contributed by atoms with Crippen molar-refractivity contribution in [1.82, 2.24) is 0 Å². The van der Waals surface area contributed by atoms with Gasteiger partial charge in [0.05, 0.1) is 0 Å². The maximum atomic E-state index is 13.2. The lowest BCUT2D eigenvalue weighted by Crippen LogP contribution is -2.73. The second kappa shape index (κ2) is 6.89. The second-order valence-corrected chi connectivity index (χ2v) is 4.83. The van der Waals surface area contributed by atoms with Gasteiger partial charge < -0.3 is 4.74 Å². The fraction of sp³-hybridized carbons (Fsp3) is 0.727. The van der Waals surface area contributed by atoms with Crippen LogP contribution in [-0.2, 0) is 9.53 Å². The summed E-state index contributed by atoms with van der Waals surface area (Å²) in [6.45, 7) is 1.27. The van der Waals surface area contributed by atoms with E-state index in [0.717, 1.165) is 0 Å². The Balaban J connectivity index is 6.47. The molecule has 17 heteroatoms. The van der Waals surface area contributed by atoms with Gasteiger partial charge in [0.1, 0.15) is 6.61 Å². The van der Waals surface area contributed by atoms with Crippen molar-refractivity contribution in [1.29, 1.82) is 0 Å². The van der Waals surface area contributed by atoms with Gasteiger partial charge >= 0.3 is 47.7 Å². The zero-order valence-corrected chi connectivity index (χ0v) is 12.5. The molecule has 0 N–H and O–H groups in total. The molecule has 0 aromatic rings. The zero-order chi connectivity index (χ0) is 23.2. The maximum Gasteiger partial charge on any atom is 0.460 e. The SMILES string of the molecule is C=CCOC(=O)C(F)(F)C(F)(F)C(F)(F)C(F)(F)C(F)(F)C(F)(F)C(F)(F)F. The summed E-state index contributed by atoms with van der Waals surface area (Å²) in [5.74, 6) is -51.9. The summed E-state index contributed by atoms with van der Waals surface area (Å²) < 4.78 is 195. The monoisotopic (exact) mass is 454 g/mol. The van der Waals surface area contributed by atoms with E-state index in [2.05, 4.69) is 11.3 Å². The standard InChI is InChI=1S/C11H5F15O2/c1-2-3-28-4(27)5(12,13)6(14,15)7(16,17)8(18,19)9(20,21)10(22,23)11(24,25)26/h2H,1,3H2. The van der Waals surface area contributed by atoms with Crippen molar-refractivity contribution in [3.8, 4) is 0 Å². The highest BCUT2D eigenvalue weighted by molar-refractivity contribution is 5.79. The average molecular weight is 454 g/mol. The summed E-state index contributed by atoms with van der Waals surface area (Å²) in [5.41, 5.74) is 0. The van der Waals surface area contributed by atoms with Crippen molar-refractivity contribution in [3.63, 3.8) is 0 Å². The Morgan fingerprint density at radius 3 is 1.29 bits per heavy atom. The Bertz CT molecular complexity index is 604. The minimum atomic E-state index is -8.44. The van der Waals surface area contributed by atoms with E-state index in [1.165, 1.54) is 0 Å². The molecule has 0 bridgehead atoms. The Labute approximate surface area is 143 Å². The van der Waals surface area contributed by atoms with Gasteiger partial charge in [-0.2, -0.15) is 65.9 Å². The van der Waals surface area contributed by atoms with Gasteiger partial charge in [-0.1, -0.05) is 12.7 Å². The number of esters is 1. The van der Waals surface area contributed by atoms with Crippen LogP contribution in [0.25, 0.3) is 0 Å². The summed E-state index contributed by atoms with van der Waals surface area (Å²) in [6.07, 6.45) is -7.31. The quantitative estimate of drug-likeness (QED) is 0.290. The van der Waals surface area contributed by atoms with E-state index in [4.69, 9.17) is 0 Å². The van der Waals surface area contributed by atoms with E-state index >= 15 is 0 Å². The molecule has 166 valence electrons. The fourth-order valence-corrected chi connectivity index (χ4v) is 1.32. The van der Waals surface area contributed by atoms with Gasteiger partial charge in [0.15, 0.2) is 0 Å². The average Bonchev–Trinajstić information content (AvgIpc) is 2.50. The Morgan fingerprint density at radius 2 is 0.964 bits per heavy atom. The lowest BCUT2D eigenvalue weighted by molar-refractivity contribution is -0.450. The van der Waals surface area contributed by atoms with Gasteiger partial charge in [-0.05, 0) is 0 Å². The molecule has 0 fully saturated rings. The van der Waals surface area contributed by atoms with E-state index in [1.807, 2.05) is 0 Å². The van der Waals surface area contributed by atoms with Crippen molar-refractivity contribution >= 4 is 5.97 Å².